The molecule has 0 amide bonds. The number of ether oxygens (including phenoxy) is 3. The lowest BCUT2D eigenvalue weighted by Crippen LogP contribution is -2.19. The molecule has 0 spiro atoms. The quantitative estimate of drug-likeness (QED) is 0.426. The molecule has 5 rings (SSSR count). The van der Waals surface area contributed by atoms with Crippen LogP contribution in [0.25, 0.3) is 5.52 Å². The van der Waals surface area contributed by atoms with E-state index in [4.69, 9.17) is 14.2 Å². The van der Waals surface area contributed by atoms with E-state index in [1.165, 1.54) is 0 Å². The fourth-order valence-electron chi connectivity index (χ4n) is 4.10. The third-order valence-electron chi connectivity index (χ3n) is 5.77. The first-order valence-electron chi connectivity index (χ1n) is 11.3. The van der Waals surface area contributed by atoms with E-state index in [1.807, 2.05) is 25.4 Å². The summed E-state index contributed by atoms with van der Waals surface area (Å²) in [6.07, 6.45) is 6.00. The van der Waals surface area contributed by atoms with Crippen LogP contribution in [0.15, 0.2) is 30.7 Å². The predicted molar refractivity (Wildman–Crippen MR) is 125 cm³/mol. The van der Waals surface area contributed by atoms with E-state index in [0.29, 0.717) is 37.2 Å². The van der Waals surface area contributed by atoms with E-state index in [1.54, 1.807) is 28.7 Å². The van der Waals surface area contributed by atoms with Crippen molar-refractivity contribution in [1.29, 1.82) is 0 Å². The van der Waals surface area contributed by atoms with Crippen LogP contribution in [-0.2, 0) is 28.5 Å². The van der Waals surface area contributed by atoms with Gasteiger partial charge < -0.3 is 19.5 Å². The molecule has 1 fully saturated rings. The molecule has 11 nitrogen and oxygen atoms in total. The van der Waals surface area contributed by atoms with Crippen molar-refractivity contribution in [2.45, 2.75) is 51.4 Å². The molecule has 11 heteroatoms. The average Bonchev–Trinajstić information content (AvgIpc) is 3.54. The monoisotopic (exact) mass is 466 g/mol. The van der Waals surface area contributed by atoms with Crippen molar-refractivity contribution in [3.05, 3.63) is 47.7 Å². The summed E-state index contributed by atoms with van der Waals surface area (Å²) in [7, 11) is 3.56. The summed E-state index contributed by atoms with van der Waals surface area (Å²) in [5, 5.41) is 19.7. The minimum Gasteiger partial charge on any atom is -0.471 e. The van der Waals surface area contributed by atoms with Crippen LogP contribution in [-0.4, -0.2) is 54.4 Å². The molecule has 0 bridgehead atoms. The second kappa shape index (κ2) is 8.73. The Morgan fingerprint density at radius 1 is 1.26 bits per heavy atom. The zero-order valence-corrected chi connectivity index (χ0v) is 20.1. The van der Waals surface area contributed by atoms with Gasteiger partial charge in [-0.3, -0.25) is 9.78 Å². The summed E-state index contributed by atoms with van der Waals surface area (Å²) in [6.45, 7) is 7.39. The minimum atomic E-state index is -0.137. The molecule has 34 heavy (non-hydrogen) atoms. The van der Waals surface area contributed by atoms with Crippen molar-refractivity contribution >= 4 is 17.2 Å². The van der Waals surface area contributed by atoms with E-state index < -0.39 is 0 Å². The molecule has 5 heterocycles. The highest BCUT2D eigenvalue weighted by Gasteiger charge is 2.32. The van der Waals surface area contributed by atoms with Gasteiger partial charge in [-0.1, -0.05) is 20.8 Å². The summed E-state index contributed by atoms with van der Waals surface area (Å²) in [5.41, 5.74) is 3.58. The standard InChI is InChI=1S/C23H30N8O3/c1-23(2,3)16-11-30(4)29-22(16)34-15-9-19(33-13-15)17-10-20(27-26-17)25-21-18-8-14(12-32-5)28-31(18)7-6-24-21/h6-8,10-11,15,19H,9,12-13H2,1-5H3,(H2,24,25,26,27)/t15-,19-/m1/s1. The molecule has 4 aromatic rings. The molecule has 0 radical (unpaired) electrons. The van der Waals surface area contributed by atoms with Gasteiger partial charge >= 0.3 is 0 Å². The van der Waals surface area contributed by atoms with Crippen LogP contribution in [0.2, 0.25) is 0 Å². The number of hydrogen-bond donors (Lipinski definition) is 2. The number of nitrogens with zero attached hydrogens (tertiary/aromatic N) is 6. The number of hydrogen-bond acceptors (Lipinski definition) is 8. The van der Waals surface area contributed by atoms with E-state index in [0.717, 1.165) is 22.5 Å². The third kappa shape index (κ3) is 4.48. The van der Waals surface area contributed by atoms with Gasteiger partial charge in [-0.15, -0.1) is 5.10 Å². The maximum atomic E-state index is 6.24. The van der Waals surface area contributed by atoms with Crippen LogP contribution in [0.4, 0.5) is 11.6 Å². The minimum absolute atomic E-state index is 0.0524. The lowest BCUT2D eigenvalue weighted by atomic mass is 9.89. The summed E-state index contributed by atoms with van der Waals surface area (Å²) < 4.78 is 21.0. The molecular formula is C23H30N8O3. The number of H-pyrrole nitrogens is 1. The van der Waals surface area contributed by atoms with Gasteiger partial charge in [-0.2, -0.15) is 10.2 Å². The van der Waals surface area contributed by atoms with Crippen LogP contribution in [0.5, 0.6) is 5.88 Å². The molecule has 2 atom stereocenters. The fraction of sp³-hybridized carbons (Fsp3) is 0.478. The Morgan fingerprint density at radius 3 is 2.91 bits per heavy atom. The molecule has 1 aliphatic heterocycles. The van der Waals surface area contributed by atoms with E-state index in [2.05, 4.69) is 51.5 Å². The lowest BCUT2D eigenvalue weighted by Gasteiger charge is -2.19. The Balaban J connectivity index is 1.26. The first-order valence-corrected chi connectivity index (χ1v) is 11.3. The zero-order chi connectivity index (χ0) is 23.9. The molecule has 1 saturated heterocycles. The van der Waals surface area contributed by atoms with Crippen molar-refractivity contribution in [3.8, 4) is 5.88 Å². The van der Waals surface area contributed by atoms with E-state index in [-0.39, 0.29) is 17.6 Å². The van der Waals surface area contributed by atoms with Crippen LogP contribution in [0.1, 0.15) is 50.2 Å². The van der Waals surface area contributed by atoms with Gasteiger partial charge in [0.1, 0.15) is 17.7 Å². The number of aromatic nitrogens is 7. The Morgan fingerprint density at radius 2 is 2.12 bits per heavy atom. The maximum absolute atomic E-state index is 6.24. The SMILES string of the molecule is COCc1cc2c(Nc3cc([C@H]4C[C@@H](Oc5nn(C)cc5C(C)(C)C)CO4)[nH]n3)nccn2n1. The third-order valence-corrected chi connectivity index (χ3v) is 5.77. The highest BCUT2D eigenvalue weighted by atomic mass is 16.6. The van der Waals surface area contributed by atoms with Gasteiger partial charge in [0.15, 0.2) is 11.6 Å². The molecule has 180 valence electrons. The van der Waals surface area contributed by atoms with Crippen LogP contribution in [0.3, 0.4) is 0 Å². The van der Waals surface area contributed by atoms with Crippen molar-refractivity contribution in [1.82, 2.24) is 34.6 Å². The molecular weight excluding hydrogens is 436 g/mol. The second-order valence-corrected chi connectivity index (χ2v) is 9.58. The topological polar surface area (TPSA) is 116 Å². The van der Waals surface area contributed by atoms with E-state index >= 15 is 0 Å². The molecule has 1 aliphatic rings. The van der Waals surface area contributed by atoms with Gasteiger partial charge in [-0.05, 0) is 11.5 Å². The normalized spacial score (nSPS) is 18.6. The summed E-state index contributed by atoms with van der Waals surface area (Å²) >= 11 is 0. The summed E-state index contributed by atoms with van der Waals surface area (Å²) in [5.74, 6) is 1.98. The molecule has 2 N–H and O–H groups in total. The number of nitrogens with one attached hydrogen (secondary N) is 2. The Kier molecular flexibility index (Phi) is 5.74. The smallest absolute Gasteiger partial charge is 0.236 e. The van der Waals surface area contributed by atoms with Crippen LogP contribution in [0, 0.1) is 0 Å². The number of aromatic amines is 1. The van der Waals surface area contributed by atoms with Gasteiger partial charge in [0.2, 0.25) is 5.88 Å². The Hall–Kier alpha value is -3.44. The highest BCUT2D eigenvalue weighted by molar-refractivity contribution is 5.72. The zero-order valence-electron chi connectivity index (χ0n) is 20.1. The predicted octanol–water partition coefficient (Wildman–Crippen LogP) is 3.28. The molecule has 0 aromatic carbocycles. The van der Waals surface area contributed by atoms with Crippen LogP contribution >= 0.6 is 0 Å². The summed E-state index contributed by atoms with van der Waals surface area (Å²) in [4.78, 5) is 4.44. The average molecular weight is 467 g/mol. The maximum Gasteiger partial charge on any atom is 0.236 e. The van der Waals surface area contributed by atoms with Crippen molar-refractivity contribution in [2.24, 2.45) is 7.05 Å². The molecule has 0 aliphatic carbocycles. The second-order valence-electron chi connectivity index (χ2n) is 9.58. The first-order chi connectivity index (χ1) is 16.3. The van der Waals surface area contributed by atoms with Gasteiger partial charge in [0.05, 0.1) is 24.6 Å². The number of anilines is 2. The van der Waals surface area contributed by atoms with Gasteiger partial charge in [0.25, 0.3) is 0 Å². The number of aryl methyl sites for hydroxylation is 1. The Labute approximate surface area is 197 Å². The molecule has 4 aromatic heterocycles. The lowest BCUT2D eigenvalue weighted by molar-refractivity contribution is 0.0905. The molecule has 0 unspecified atom stereocenters. The van der Waals surface area contributed by atoms with Gasteiger partial charge in [0, 0.05) is 50.8 Å². The Bertz CT molecular complexity index is 1290. The van der Waals surface area contributed by atoms with Crippen LogP contribution < -0.4 is 10.1 Å². The highest BCUT2D eigenvalue weighted by Crippen LogP contribution is 2.35. The largest absolute Gasteiger partial charge is 0.471 e. The summed E-state index contributed by atoms with van der Waals surface area (Å²) in [6, 6.07) is 3.88. The fourth-order valence-corrected chi connectivity index (χ4v) is 4.10. The number of methoxy groups -OCH3 is 1. The van der Waals surface area contributed by atoms with Crippen molar-refractivity contribution < 1.29 is 14.2 Å². The number of fused-ring (bicyclic) bond motifs is 1. The van der Waals surface area contributed by atoms with Gasteiger partial charge in [-0.25, -0.2) is 9.50 Å². The van der Waals surface area contributed by atoms with E-state index in [9.17, 15) is 0 Å². The van der Waals surface area contributed by atoms with Crippen molar-refractivity contribution in [3.63, 3.8) is 0 Å². The first kappa shape index (κ1) is 22.4. The molecule has 0 saturated carbocycles. The number of rotatable bonds is 7. The van der Waals surface area contributed by atoms with Crippen molar-refractivity contribution in [2.75, 3.05) is 19.0 Å².